The Hall–Kier alpha value is -2.54. The third-order valence-electron chi connectivity index (χ3n) is 3.57. The molecule has 0 fully saturated rings. The molecule has 0 aliphatic carbocycles. The van der Waals surface area contributed by atoms with Crippen molar-refractivity contribution in [2.75, 3.05) is 6.54 Å². The lowest BCUT2D eigenvalue weighted by Crippen LogP contribution is -2.24. The molecule has 2 N–H and O–H groups in total. The zero-order valence-corrected chi connectivity index (χ0v) is 15.9. The van der Waals surface area contributed by atoms with E-state index in [1.807, 2.05) is 24.3 Å². The van der Waals surface area contributed by atoms with Gasteiger partial charge in [-0.05, 0) is 47.0 Å². The average Bonchev–Trinajstić information content (AvgIpc) is 2.65. The number of amides is 2. The number of rotatable bonds is 9. The molecule has 1 heterocycles. The molecule has 136 valence electrons. The van der Waals surface area contributed by atoms with Gasteiger partial charge in [0.1, 0.15) is 0 Å². The summed E-state index contributed by atoms with van der Waals surface area (Å²) < 4.78 is 0.779. The fourth-order valence-electron chi connectivity index (χ4n) is 2.22. The van der Waals surface area contributed by atoms with Crippen molar-refractivity contribution in [3.05, 3.63) is 64.4 Å². The maximum absolute atomic E-state index is 12.0. The maximum Gasteiger partial charge on any atom is 0.252 e. The first-order valence-electron chi connectivity index (χ1n) is 8.41. The van der Waals surface area contributed by atoms with E-state index in [0.717, 1.165) is 29.3 Å². The van der Waals surface area contributed by atoms with E-state index >= 15 is 0 Å². The second-order valence-corrected chi connectivity index (χ2v) is 6.48. The van der Waals surface area contributed by atoms with Gasteiger partial charge in [-0.25, -0.2) is 5.43 Å². The smallest absolute Gasteiger partial charge is 0.252 e. The Kier molecular flexibility index (Phi) is 8.48. The summed E-state index contributed by atoms with van der Waals surface area (Å²) in [5.41, 5.74) is 3.95. The third kappa shape index (κ3) is 7.14. The number of hydrogen-bond acceptors (Lipinski definition) is 4. The van der Waals surface area contributed by atoms with Crippen LogP contribution in [0.4, 0.5) is 0 Å². The van der Waals surface area contributed by atoms with Crippen LogP contribution in [-0.2, 0) is 4.79 Å². The molecule has 0 saturated carbocycles. The zero-order valence-electron chi connectivity index (χ0n) is 14.3. The van der Waals surface area contributed by atoms with E-state index in [1.54, 1.807) is 30.7 Å². The molecule has 0 aliphatic rings. The van der Waals surface area contributed by atoms with E-state index in [2.05, 4.69) is 36.8 Å². The fourth-order valence-corrected chi connectivity index (χ4v) is 2.68. The molecule has 6 nitrogen and oxygen atoms in total. The number of nitrogens with one attached hydrogen (secondary N) is 2. The van der Waals surface area contributed by atoms with E-state index in [-0.39, 0.29) is 11.8 Å². The van der Waals surface area contributed by atoms with E-state index in [1.165, 1.54) is 0 Å². The van der Waals surface area contributed by atoms with Crippen LogP contribution in [0.3, 0.4) is 0 Å². The molecule has 2 rings (SSSR count). The minimum atomic E-state index is -0.123. The number of pyridine rings is 1. The number of carbonyl (C=O) groups is 2. The van der Waals surface area contributed by atoms with Crippen LogP contribution >= 0.6 is 15.9 Å². The molecule has 7 heteroatoms. The highest BCUT2D eigenvalue weighted by Crippen LogP contribution is 2.15. The van der Waals surface area contributed by atoms with Gasteiger partial charge in [0.25, 0.3) is 5.91 Å². The van der Waals surface area contributed by atoms with Crippen LogP contribution in [0.1, 0.15) is 41.6 Å². The molecule has 0 spiro atoms. The number of unbranched alkanes of at least 4 members (excludes halogenated alkanes) is 2. The summed E-state index contributed by atoms with van der Waals surface area (Å²) in [5, 5.41) is 6.78. The highest BCUT2D eigenvalue weighted by molar-refractivity contribution is 9.10. The number of benzene rings is 1. The van der Waals surface area contributed by atoms with Gasteiger partial charge in [-0.1, -0.05) is 24.6 Å². The van der Waals surface area contributed by atoms with Crippen LogP contribution in [0.5, 0.6) is 0 Å². The second-order valence-electron chi connectivity index (χ2n) is 5.63. The minimum Gasteiger partial charge on any atom is -0.352 e. The van der Waals surface area contributed by atoms with Gasteiger partial charge in [0, 0.05) is 35.4 Å². The summed E-state index contributed by atoms with van der Waals surface area (Å²) in [6, 6.07) is 11.0. The number of halogens is 1. The minimum absolute atomic E-state index is 0.0973. The van der Waals surface area contributed by atoms with Gasteiger partial charge >= 0.3 is 0 Å². The molecular formula is C19H21BrN4O2. The Balaban J connectivity index is 1.55. The van der Waals surface area contributed by atoms with Gasteiger partial charge in [-0.2, -0.15) is 5.10 Å². The van der Waals surface area contributed by atoms with Crippen molar-refractivity contribution in [3.8, 4) is 0 Å². The topological polar surface area (TPSA) is 83.5 Å². The lowest BCUT2D eigenvalue weighted by molar-refractivity contribution is -0.121. The molecule has 0 atom stereocenters. The Morgan fingerprint density at radius 2 is 1.96 bits per heavy atom. The van der Waals surface area contributed by atoms with Gasteiger partial charge in [-0.3, -0.25) is 14.6 Å². The molecule has 0 saturated heterocycles. The highest BCUT2D eigenvalue weighted by atomic mass is 79.9. The van der Waals surface area contributed by atoms with Gasteiger partial charge in [0.05, 0.1) is 11.8 Å². The van der Waals surface area contributed by atoms with Crippen LogP contribution in [0.2, 0.25) is 0 Å². The average molecular weight is 417 g/mol. The van der Waals surface area contributed by atoms with Gasteiger partial charge < -0.3 is 5.32 Å². The predicted molar refractivity (Wildman–Crippen MR) is 105 cm³/mol. The summed E-state index contributed by atoms with van der Waals surface area (Å²) in [4.78, 5) is 27.7. The third-order valence-corrected chi connectivity index (χ3v) is 4.26. The van der Waals surface area contributed by atoms with Gasteiger partial charge in [-0.15, -0.1) is 0 Å². The summed E-state index contributed by atoms with van der Waals surface area (Å²) in [6.45, 7) is 0.584. The Labute approximate surface area is 161 Å². The number of nitrogens with zero attached hydrogens (tertiary/aromatic N) is 2. The van der Waals surface area contributed by atoms with Crippen molar-refractivity contribution < 1.29 is 9.59 Å². The van der Waals surface area contributed by atoms with E-state index < -0.39 is 0 Å². The molecule has 1 aromatic carbocycles. The molecule has 2 aromatic rings. The second kappa shape index (κ2) is 11.1. The van der Waals surface area contributed by atoms with E-state index in [9.17, 15) is 9.59 Å². The summed E-state index contributed by atoms with van der Waals surface area (Å²) in [6.07, 6.45) is 7.73. The number of carbonyl (C=O) groups excluding carboxylic acids is 2. The fraction of sp³-hybridized carbons (Fsp3) is 0.263. The van der Waals surface area contributed by atoms with Crippen LogP contribution in [0.25, 0.3) is 0 Å². The van der Waals surface area contributed by atoms with Gasteiger partial charge in [0.2, 0.25) is 5.91 Å². The Morgan fingerprint density at radius 3 is 2.73 bits per heavy atom. The number of hydrazone groups is 1. The zero-order chi connectivity index (χ0) is 18.6. The maximum atomic E-state index is 12.0. The first kappa shape index (κ1) is 19.8. The predicted octanol–water partition coefficient (Wildman–Crippen LogP) is 3.28. The van der Waals surface area contributed by atoms with E-state index in [4.69, 9.17) is 0 Å². The number of hydrogen-bond donors (Lipinski definition) is 2. The largest absolute Gasteiger partial charge is 0.352 e. The van der Waals surface area contributed by atoms with Crippen molar-refractivity contribution in [2.45, 2.75) is 25.7 Å². The SMILES string of the molecule is O=C(CCCCCNC(=O)c1ccccc1Br)N/N=C\c1cccnc1. The summed E-state index contributed by atoms with van der Waals surface area (Å²) in [7, 11) is 0. The monoisotopic (exact) mass is 416 g/mol. The van der Waals surface area contributed by atoms with Crippen LogP contribution < -0.4 is 10.7 Å². The lowest BCUT2D eigenvalue weighted by atomic mass is 10.2. The first-order valence-corrected chi connectivity index (χ1v) is 9.21. The molecule has 0 bridgehead atoms. The molecule has 26 heavy (non-hydrogen) atoms. The molecule has 2 amide bonds. The van der Waals surface area contributed by atoms with Crippen molar-refractivity contribution in [1.29, 1.82) is 0 Å². The van der Waals surface area contributed by atoms with Crippen LogP contribution in [0, 0.1) is 0 Å². The summed E-state index contributed by atoms with van der Waals surface area (Å²) >= 11 is 3.36. The summed E-state index contributed by atoms with van der Waals surface area (Å²) in [5.74, 6) is -0.220. The molecular weight excluding hydrogens is 396 g/mol. The highest BCUT2D eigenvalue weighted by Gasteiger charge is 2.07. The Bertz CT molecular complexity index is 750. The normalized spacial score (nSPS) is 10.7. The van der Waals surface area contributed by atoms with Crippen molar-refractivity contribution in [3.63, 3.8) is 0 Å². The Morgan fingerprint density at radius 1 is 1.12 bits per heavy atom. The van der Waals surface area contributed by atoms with Crippen molar-refractivity contribution in [1.82, 2.24) is 15.7 Å². The number of aromatic nitrogens is 1. The quantitative estimate of drug-likeness (QED) is 0.373. The van der Waals surface area contributed by atoms with Crippen LogP contribution in [0.15, 0.2) is 58.4 Å². The molecule has 0 aliphatic heterocycles. The standard InChI is InChI=1S/C19H21BrN4O2/c20-17-9-4-3-8-16(17)19(26)22-12-5-1-2-10-18(25)24-23-14-15-7-6-11-21-13-15/h3-4,6-9,11,13-14H,1-2,5,10,12H2,(H,22,26)(H,24,25)/b23-14-. The van der Waals surface area contributed by atoms with Gasteiger partial charge in [0.15, 0.2) is 0 Å². The molecule has 1 aromatic heterocycles. The van der Waals surface area contributed by atoms with Crippen molar-refractivity contribution in [2.24, 2.45) is 5.10 Å². The molecule has 0 radical (unpaired) electrons. The van der Waals surface area contributed by atoms with Crippen LogP contribution in [-0.4, -0.2) is 29.6 Å². The van der Waals surface area contributed by atoms with Crippen molar-refractivity contribution >= 4 is 34.0 Å². The lowest BCUT2D eigenvalue weighted by Gasteiger charge is -2.06. The first-order chi connectivity index (χ1) is 12.7. The molecule has 0 unspecified atom stereocenters. The van der Waals surface area contributed by atoms with E-state index in [0.29, 0.717) is 18.5 Å².